The van der Waals surface area contributed by atoms with Crippen molar-refractivity contribution in [1.29, 1.82) is 0 Å². The van der Waals surface area contributed by atoms with Gasteiger partial charge in [-0.2, -0.15) is 0 Å². The predicted molar refractivity (Wildman–Crippen MR) is 107 cm³/mol. The van der Waals surface area contributed by atoms with Gasteiger partial charge in [-0.25, -0.2) is 0 Å². The second-order valence-electron chi connectivity index (χ2n) is 7.64. The Hall–Kier alpha value is -2.35. The highest BCUT2D eigenvalue weighted by molar-refractivity contribution is 5.91. The molecule has 0 saturated heterocycles. The third-order valence-electron chi connectivity index (χ3n) is 4.30. The topological polar surface area (TPSA) is 29.1 Å². The Balaban J connectivity index is 1.81. The lowest BCUT2D eigenvalue weighted by atomic mass is 9.87. The molecule has 2 rings (SSSR count). The van der Waals surface area contributed by atoms with Crippen molar-refractivity contribution in [2.45, 2.75) is 52.0 Å². The van der Waals surface area contributed by atoms with Gasteiger partial charge in [-0.1, -0.05) is 75.4 Å². The summed E-state index contributed by atoms with van der Waals surface area (Å²) in [5, 5.41) is 3.03. The molecule has 2 aromatic rings. The van der Waals surface area contributed by atoms with Crippen LogP contribution in [0.4, 0.5) is 0 Å². The molecular formula is C23H29NO. The van der Waals surface area contributed by atoms with Gasteiger partial charge in [0, 0.05) is 12.1 Å². The molecule has 0 fully saturated rings. The van der Waals surface area contributed by atoms with E-state index in [9.17, 15) is 4.79 Å². The molecule has 0 aliphatic carbocycles. The number of rotatable bonds is 6. The van der Waals surface area contributed by atoms with E-state index < -0.39 is 0 Å². The average Bonchev–Trinajstić information content (AvgIpc) is 2.59. The first-order valence-corrected chi connectivity index (χ1v) is 8.97. The van der Waals surface area contributed by atoms with E-state index in [0.29, 0.717) is 0 Å². The molecule has 1 amide bonds. The monoisotopic (exact) mass is 335 g/mol. The number of carbonyl (C=O) groups excluding carboxylic acids is 1. The lowest BCUT2D eigenvalue weighted by Gasteiger charge is -2.18. The van der Waals surface area contributed by atoms with E-state index in [1.54, 1.807) is 6.08 Å². The van der Waals surface area contributed by atoms with Gasteiger partial charge in [-0.3, -0.25) is 4.79 Å². The third-order valence-corrected chi connectivity index (χ3v) is 4.30. The fraction of sp³-hybridized carbons (Fsp3) is 0.348. The van der Waals surface area contributed by atoms with E-state index in [1.807, 2.05) is 31.2 Å². The smallest absolute Gasteiger partial charge is 0.244 e. The third kappa shape index (κ3) is 6.58. The Morgan fingerprint density at radius 1 is 1.04 bits per heavy atom. The highest BCUT2D eigenvalue weighted by Gasteiger charge is 2.12. The minimum absolute atomic E-state index is 0.0412. The van der Waals surface area contributed by atoms with Crippen LogP contribution in [0.5, 0.6) is 0 Å². The number of nitrogens with one attached hydrogen (secondary N) is 1. The summed E-state index contributed by atoms with van der Waals surface area (Å²) in [4.78, 5) is 12.1. The number of amides is 1. The molecule has 0 radical (unpaired) electrons. The number of hydrogen-bond acceptors (Lipinski definition) is 1. The summed E-state index contributed by atoms with van der Waals surface area (Å²) in [5.41, 5.74) is 3.79. The van der Waals surface area contributed by atoms with Crippen LogP contribution >= 0.6 is 0 Å². The van der Waals surface area contributed by atoms with Gasteiger partial charge in [0.05, 0.1) is 0 Å². The van der Waals surface area contributed by atoms with Crippen LogP contribution in [0, 0.1) is 0 Å². The van der Waals surface area contributed by atoms with Gasteiger partial charge < -0.3 is 5.32 Å². The second kappa shape index (κ2) is 8.66. The Bertz CT molecular complexity index is 693. The molecule has 0 spiro atoms. The quantitative estimate of drug-likeness (QED) is 0.728. The van der Waals surface area contributed by atoms with Crippen LogP contribution in [0.25, 0.3) is 6.08 Å². The molecule has 0 aliphatic heterocycles. The first kappa shape index (κ1) is 19.0. The van der Waals surface area contributed by atoms with Crippen LogP contribution in [0.3, 0.4) is 0 Å². The summed E-state index contributed by atoms with van der Waals surface area (Å²) >= 11 is 0. The van der Waals surface area contributed by atoms with Crippen LogP contribution in [0.2, 0.25) is 0 Å². The highest BCUT2D eigenvalue weighted by atomic mass is 16.1. The number of benzene rings is 2. The molecule has 132 valence electrons. The van der Waals surface area contributed by atoms with E-state index in [2.05, 4.69) is 62.5 Å². The standard InChI is InChI=1S/C23H29NO/c1-18(10-11-19-8-6-5-7-9-19)24-22(25)17-14-20-12-15-21(16-13-20)23(2,3)4/h5-9,12-18H,10-11H2,1-4H3,(H,24,25)/b17-14+/t18-/m1/s1. The van der Waals surface area contributed by atoms with E-state index >= 15 is 0 Å². The summed E-state index contributed by atoms with van der Waals surface area (Å²) in [5.74, 6) is -0.0412. The fourth-order valence-corrected chi connectivity index (χ4v) is 2.66. The Morgan fingerprint density at radius 3 is 2.28 bits per heavy atom. The van der Waals surface area contributed by atoms with Crippen molar-refractivity contribution in [3.05, 3.63) is 77.4 Å². The molecule has 0 aromatic heterocycles. The van der Waals surface area contributed by atoms with Crippen molar-refractivity contribution in [2.75, 3.05) is 0 Å². The van der Waals surface area contributed by atoms with E-state index in [0.717, 1.165) is 18.4 Å². The summed E-state index contributed by atoms with van der Waals surface area (Å²) in [6.45, 7) is 8.64. The Morgan fingerprint density at radius 2 is 1.68 bits per heavy atom. The maximum atomic E-state index is 12.1. The molecular weight excluding hydrogens is 306 g/mol. The first-order valence-electron chi connectivity index (χ1n) is 8.97. The van der Waals surface area contributed by atoms with Gasteiger partial charge in [0.15, 0.2) is 0 Å². The summed E-state index contributed by atoms with van der Waals surface area (Å²) in [6.07, 6.45) is 5.39. The summed E-state index contributed by atoms with van der Waals surface area (Å²) in [6, 6.07) is 18.9. The molecule has 1 N–H and O–H groups in total. The number of aryl methyl sites for hydroxylation is 1. The largest absolute Gasteiger partial charge is 0.350 e. The lowest BCUT2D eigenvalue weighted by Crippen LogP contribution is -2.31. The molecule has 2 nitrogen and oxygen atoms in total. The van der Waals surface area contributed by atoms with Crippen molar-refractivity contribution in [1.82, 2.24) is 5.32 Å². The zero-order valence-corrected chi connectivity index (χ0v) is 15.8. The maximum absolute atomic E-state index is 12.1. The Kier molecular flexibility index (Phi) is 6.58. The van der Waals surface area contributed by atoms with Gasteiger partial charge in [-0.15, -0.1) is 0 Å². The van der Waals surface area contributed by atoms with E-state index in [-0.39, 0.29) is 17.4 Å². The maximum Gasteiger partial charge on any atom is 0.244 e. The van der Waals surface area contributed by atoms with E-state index in [1.165, 1.54) is 11.1 Å². The van der Waals surface area contributed by atoms with Gasteiger partial charge in [0.1, 0.15) is 0 Å². The van der Waals surface area contributed by atoms with Crippen LogP contribution in [-0.2, 0) is 16.6 Å². The zero-order chi connectivity index (χ0) is 18.3. The van der Waals surface area contributed by atoms with Crippen molar-refractivity contribution < 1.29 is 4.79 Å². The molecule has 1 atom stereocenters. The first-order chi connectivity index (χ1) is 11.8. The minimum Gasteiger partial charge on any atom is -0.350 e. The van der Waals surface area contributed by atoms with E-state index in [4.69, 9.17) is 0 Å². The minimum atomic E-state index is -0.0412. The highest BCUT2D eigenvalue weighted by Crippen LogP contribution is 2.22. The van der Waals surface area contributed by atoms with Gasteiger partial charge in [-0.05, 0) is 47.9 Å². The predicted octanol–water partition coefficient (Wildman–Crippen LogP) is 5.13. The summed E-state index contributed by atoms with van der Waals surface area (Å²) in [7, 11) is 0. The molecule has 2 heteroatoms. The number of hydrogen-bond donors (Lipinski definition) is 1. The fourth-order valence-electron chi connectivity index (χ4n) is 2.66. The van der Waals surface area contributed by atoms with Crippen LogP contribution in [0.1, 0.15) is 50.8 Å². The van der Waals surface area contributed by atoms with Gasteiger partial charge in [0.2, 0.25) is 5.91 Å². The van der Waals surface area contributed by atoms with Crippen LogP contribution < -0.4 is 5.32 Å². The van der Waals surface area contributed by atoms with Crippen LogP contribution in [0.15, 0.2) is 60.7 Å². The van der Waals surface area contributed by atoms with Crippen molar-refractivity contribution in [2.24, 2.45) is 0 Å². The molecule has 0 bridgehead atoms. The second-order valence-corrected chi connectivity index (χ2v) is 7.64. The number of carbonyl (C=O) groups is 1. The van der Waals surface area contributed by atoms with Crippen molar-refractivity contribution >= 4 is 12.0 Å². The lowest BCUT2D eigenvalue weighted by molar-refractivity contribution is -0.117. The van der Waals surface area contributed by atoms with Crippen molar-refractivity contribution in [3.63, 3.8) is 0 Å². The Labute approximate surface area is 152 Å². The molecule has 0 aliphatic rings. The zero-order valence-electron chi connectivity index (χ0n) is 15.8. The molecule has 0 heterocycles. The van der Waals surface area contributed by atoms with Crippen LogP contribution in [-0.4, -0.2) is 11.9 Å². The van der Waals surface area contributed by atoms with Crippen molar-refractivity contribution in [3.8, 4) is 0 Å². The SMILES string of the molecule is C[C@H](CCc1ccccc1)NC(=O)/C=C/c1ccc(C(C)(C)C)cc1. The molecule has 0 saturated carbocycles. The molecule has 2 aromatic carbocycles. The van der Waals surface area contributed by atoms with Gasteiger partial charge >= 0.3 is 0 Å². The normalized spacial score (nSPS) is 13.0. The molecule has 0 unspecified atom stereocenters. The molecule has 25 heavy (non-hydrogen) atoms. The summed E-state index contributed by atoms with van der Waals surface area (Å²) < 4.78 is 0. The average molecular weight is 335 g/mol. The van der Waals surface area contributed by atoms with Gasteiger partial charge in [0.25, 0.3) is 0 Å².